The Labute approximate surface area is 146 Å². The number of aliphatic carboxylic acids is 1. The van der Waals surface area contributed by atoms with Crippen molar-refractivity contribution >= 4 is 11.8 Å². The van der Waals surface area contributed by atoms with Gasteiger partial charge in [0.05, 0.1) is 23.3 Å². The maximum atomic E-state index is 13.0. The highest BCUT2D eigenvalue weighted by Gasteiger charge is 2.60. The first-order chi connectivity index (χ1) is 11.9. The summed E-state index contributed by atoms with van der Waals surface area (Å²) in [5.41, 5.74) is -0.495. The van der Waals surface area contributed by atoms with E-state index < -0.39 is 23.5 Å². The molecule has 1 aliphatic heterocycles. The van der Waals surface area contributed by atoms with Crippen molar-refractivity contribution in [3.8, 4) is 0 Å². The number of hydrogen-bond acceptors (Lipinski definition) is 5. The molecule has 1 fully saturated rings. The number of pyridine rings is 2. The van der Waals surface area contributed by atoms with E-state index >= 15 is 0 Å². The Morgan fingerprint density at radius 3 is 2.28 bits per heavy atom. The average molecular weight is 339 g/mol. The van der Waals surface area contributed by atoms with Crippen LogP contribution in [0.3, 0.4) is 0 Å². The molecule has 0 amide bonds. The first-order valence-electron chi connectivity index (χ1n) is 8.24. The third-order valence-corrected chi connectivity index (χ3v) is 5.32. The topological polar surface area (TPSA) is 83.4 Å². The first kappa shape index (κ1) is 17.2. The maximum absolute atomic E-state index is 13.0. The van der Waals surface area contributed by atoms with Crippen molar-refractivity contribution in [2.24, 2.45) is 11.8 Å². The van der Waals surface area contributed by atoms with Crippen LogP contribution < -0.4 is 0 Å². The van der Waals surface area contributed by atoms with E-state index in [1.54, 1.807) is 55.5 Å². The number of nitrogens with zero attached hydrogens (tertiary/aromatic N) is 3. The molecule has 3 rings (SSSR count). The highest BCUT2D eigenvalue weighted by molar-refractivity contribution is 5.94. The van der Waals surface area contributed by atoms with Gasteiger partial charge in [-0.3, -0.25) is 19.7 Å². The van der Waals surface area contributed by atoms with E-state index in [0.717, 1.165) is 0 Å². The van der Waals surface area contributed by atoms with E-state index in [1.165, 1.54) is 0 Å². The fourth-order valence-electron chi connectivity index (χ4n) is 4.06. The Hall–Kier alpha value is -2.60. The van der Waals surface area contributed by atoms with Crippen LogP contribution in [0.5, 0.6) is 0 Å². The molecule has 0 radical (unpaired) electrons. The second-order valence-electron chi connectivity index (χ2n) is 6.51. The number of likely N-dealkylation sites (N-methyl/N-ethyl adjacent to an activating group) is 1. The number of Topliss-reactive ketones (excluding diaryl/α,β-unsaturated/α-hetero) is 1. The van der Waals surface area contributed by atoms with Gasteiger partial charge in [0.25, 0.3) is 0 Å². The molecular weight excluding hydrogens is 318 g/mol. The van der Waals surface area contributed by atoms with Gasteiger partial charge in [0.2, 0.25) is 0 Å². The molecule has 1 N–H and O–H groups in total. The lowest BCUT2D eigenvalue weighted by atomic mass is 9.68. The number of likely N-dealkylation sites (tertiary alicyclic amines) is 1. The van der Waals surface area contributed by atoms with Crippen molar-refractivity contribution in [2.45, 2.75) is 25.4 Å². The molecule has 2 aromatic rings. The summed E-state index contributed by atoms with van der Waals surface area (Å²) >= 11 is 0. The van der Waals surface area contributed by atoms with E-state index in [1.807, 2.05) is 19.1 Å². The van der Waals surface area contributed by atoms with Gasteiger partial charge in [0, 0.05) is 18.3 Å². The van der Waals surface area contributed by atoms with Crippen LogP contribution in [-0.2, 0) is 15.1 Å². The lowest BCUT2D eigenvalue weighted by Gasteiger charge is -2.51. The number of carboxylic acids is 1. The first-order valence-corrected chi connectivity index (χ1v) is 8.24. The minimum Gasteiger partial charge on any atom is -0.480 e. The monoisotopic (exact) mass is 339 g/mol. The number of carboxylic acid groups (broad SMARTS) is 1. The molecule has 1 aliphatic rings. The quantitative estimate of drug-likeness (QED) is 0.924. The Morgan fingerprint density at radius 2 is 1.76 bits per heavy atom. The van der Waals surface area contributed by atoms with Crippen LogP contribution >= 0.6 is 0 Å². The van der Waals surface area contributed by atoms with Gasteiger partial charge in [0.1, 0.15) is 5.78 Å². The lowest BCUT2D eigenvalue weighted by molar-refractivity contribution is -0.172. The van der Waals surface area contributed by atoms with Gasteiger partial charge in [0.15, 0.2) is 5.54 Å². The van der Waals surface area contributed by atoms with Gasteiger partial charge in [-0.1, -0.05) is 26.0 Å². The maximum Gasteiger partial charge on any atom is 0.331 e. The number of carbonyl (C=O) groups is 2. The van der Waals surface area contributed by atoms with Crippen LogP contribution in [0.15, 0.2) is 48.8 Å². The lowest BCUT2D eigenvalue weighted by Crippen LogP contribution is -2.63. The average Bonchev–Trinajstić information content (AvgIpc) is 2.62. The fourth-order valence-corrected chi connectivity index (χ4v) is 4.06. The van der Waals surface area contributed by atoms with Crippen LogP contribution in [0.2, 0.25) is 0 Å². The van der Waals surface area contributed by atoms with Crippen molar-refractivity contribution in [3.63, 3.8) is 0 Å². The van der Waals surface area contributed by atoms with Crippen molar-refractivity contribution in [2.75, 3.05) is 7.05 Å². The Morgan fingerprint density at radius 1 is 1.12 bits per heavy atom. The molecule has 2 aromatic heterocycles. The fraction of sp³-hybridized carbons (Fsp3) is 0.368. The summed E-state index contributed by atoms with van der Waals surface area (Å²) in [4.78, 5) is 35.9. The summed E-state index contributed by atoms with van der Waals surface area (Å²) in [6, 6.07) is 10.2. The minimum absolute atomic E-state index is 0.0955. The summed E-state index contributed by atoms with van der Waals surface area (Å²) in [5, 5.41) is 10.2. The Kier molecular flexibility index (Phi) is 4.39. The molecule has 0 aliphatic carbocycles. The predicted octanol–water partition coefficient (Wildman–Crippen LogP) is 2.28. The van der Waals surface area contributed by atoms with Crippen molar-refractivity contribution < 1.29 is 14.7 Å². The van der Waals surface area contributed by atoms with Gasteiger partial charge in [-0.25, -0.2) is 4.79 Å². The summed E-state index contributed by atoms with van der Waals surface area (Å²) < 4.78 is 0. The summed E-state index contributed by atoms with van der Waals surface area (Å²) in [6.07, 6.45) is 3.21. The van der Waals surface area contributed by atoms with Crippen LogP contribution in [0, 0.1) is 11.8 Å². The zero-order chi connectivity index (χ0) is 18.2. The molecule has 1 saturated heterocycles. The summed E-state index contributed by atoms with van der Waals surface area (Å²) in [6.45, 7) is 3.51. The molecule has 6 heteroatoms. The number of aromatic nitrogens is 2. The Balaban J connectivity index is 2.23. The number of hydrogen-bond donors (Lipinski definition) is 1. The van der Waals surface area contributed by atoms with E-state index in [9.17, 15) is 14.7 Å². The van der Waals surface area contributed by atoms with E-state index in [0.29, 0.717) is 11.4 Å². The molecular formula is C19H21N3O3. The molecule has 6 nitrogen and oxygen atoms in total. The van der Waals surface area contributed by atoms with Gasteiger partial charge in [-0.15, -0.1) is 0 Å². The summed E-state index contributed by atoms with van der Waals surface area (Å²) in [5.74, 6) is -2.28. The zero-order valence-corrected chi connectivity index (χ0v) is 14.5. The van der Waals surface area contributed by atoms with Gasteiger partial charge in [-0.2, -0.15) is 0 Å². The number of carbonyl (C=O) groups excluding carboxylic acids is 1. The van der Waals surface area contributed by atoms with Crippen LogP contribution in [0.1, 0.15) is 31.3 Å². The highest BCUT2D eigenvalue weighted by atomic mass is 16.4. The highest BCUT2D eigenvalue weighted by Crippen LogP contribution is 2.48. The zero-order valence-electron chi connectivity index (χ0n) is 14.5. The molecule has 0 aromatic carbocycles. The minimum atomic E-state index is -1.53. The molecule has 0 saturated carbocycles. The van der Waals surface area contributed by atoms with Gasteiger partial charge >= 0.3 is 5.97 Å². The number of ketones is 1. The van der Waals surface area contributed by atoms with Gasteiger partial charge in [-0.05, 0) is 31.3 Å². The van der Waals surface area contributed by atoms with E-state index in [-0.39, 0.29) is 11.7 Å². The number of rotatable bonds is 3. The third-order valence-electron chi connectivity index (χ3n) is 5.32. The van der Waals surface area contributed by atoms with Crippen molar-refractivity contribution in [1.82, 2.24) is 14.9 Å². The molecule has 4 unspecified atom stereocenters. The van der Waals surface area contributed by atoms with E-state index in [4.69, 9.17) is 0 Å². The standard InChI is InChI=1S/C19H21N3O3/c1-12-16(14-8-4-6-10-20-14)22(3)19(18(24)25,13(2)17(12)23)15-9-5-7-11-21-15/h4-13,16H,1-3H3,(H,24,25). The Bertz CT molecular complexity index is 781. The second-order valence-corrected chi connectivity index (χ2v) is 6.51. The molecule has 130 valence electrons. The van der Waals surface area contributed by atoms with Crippen LogP contribution in [0.4, 0.5) is 0 Å². The van der Waals surface area contributed by atoms with Crippen LogP contribution in [-0.4, -0.2) is 38.8 Å². The molecule has 0 bridgehead atoms. The second kappa shape index (κ2) is 6.37. The van der Waals surface area contributed by atoms with Crippen LogP contribution in [0.25, 0.3) is 0 Å². The van der Waals surface area contributed by atoms with Crippen molar-refractivity contribution in [3.05, 3.63) is 60.2 Å². The normalized spacial score (nSPS) is 30.2. The SMILES string of the molecule is CC1C(=O)C(C)C(C(=O)O)(c2ccccn2)N(C)C1c1ccccn1. The van der Waals surface area contributed by atoms with Gasteiger partial charge < -0.3 is 5.11 Å². The largest absolute Gasteiger partial charge is 0.480 e. The molecule has 0 spiro atoms. The third kappa shape index (κ3) is 2.44. The molecule has 4 atom stereocenters. The summed E-state index contributed by atoms with van der Waals surface area (Å²) in [7, 11) is 1.74. The van der Waals surface area contributed by atoms with E-state index in [2.05, 4.69) is 9.97 Å². The number of piperidine rings is 1. The smallest absolute Gasteiger partial charge is 0.331 e. The molecule has 3 heterocycles. The van der Waals surface area contributed by atoms with Crippen molar-refractivity contribution in [1.29, 1.82) is 0 Å². The predicted molar refractivity (Wildman–Crippen MR) is 91.6 cm³/mol. The molecule has 25 heavy (non-hydrogen) atoms.